The number of nitrogens with one attached hydrogen (secondary N) is 1. The van der Waals surface area contributed by atoms with Crippen LogP contribution in [0.2, 0.25) is 0 Å². The third-order valence-corrected chi connectivity index (χ3v) is 4.97. The smallest absolute Gasteiger partial charge is 0.141 e. The van der Waals surface area contributed by atoms with Gasteiger partial charge in [0.15, 0.2) is 0 Å². The maximum absolute atomic E-state index is 6.08. The summed E-state index contributed by atoms with van der Waals surface area (Å²) in [6.07, 6.45) is 7.90. The van der Waals surface area contributed by atoms with Crippen LogP contribution in [-0.4, -0.2) is 15.8 Å². The zero-order valence-corrected chi connectivity index (χ0v) is 16.6. The van der Waals surface area contributed by atoms with Gasteiger partial charge in [0.1, 0.15) is 11.7 Å². The van der Waals surface area contributed by atoms with Gasteiger partial charge in [0.2, 0.25) is 0 Å². The van der Waals surface area contributed by atoms with Gasteiger partial charge in [-0.15, -0.1) is 23.7 Å². The minimum atomic E-state index is 0. The maximum Gasteiger partial charge on any atom is 0.141 e. The Bertz CT molecular complexity index is 824. The van der Waals surface area contributed by atoms with Gasteiger partial charge in [-0.3, -0.25) is 0 Å². The zero-order valence-electron chi connectivity index (χ0n) is 14.9. The zero-order chi connectivity index (χ0) is 17.5. The average molecular weight is 389 g/mol. The second-order valence-electron chi connectivity index (χ2n) is 6.08. The number of halogens is 1. The number of H-pyrrole nitrogens is 1. The Labute approximate surface area is 165 Å². The number of aliphatic imine (C=N–C) groups is 1. The molecule has 0 unspecified atom stereocenters. The van der Waals surface area contributed by atoms with E-state index in [9.17, 15) is 0 Å². The molecular formula is C20H25ClN4S. The first kappa shape index (κ1) is 20.2. The lowest BCUT2D eigenvalue weighted by atomic mass is 10.1. The van der Waals surface area contributed by atoms with Gasteiger partial charge in [0.05, 0.1) is 22.5 Å². The Morgan fingerprint density at radius 2 is 2.08 bits per heavy atom. The van der Waals surface area contributed by atoms with Crippen LogP contribution < -0.4 is 5.73 Å². The molecule has 0 atom stereocenters. The summed E-state index contributed by atoms with van der Waals surface area (Å²) < 4.78 is 0. The van der Waals surface area contributed by atoms with E-state index in [-0.39, 0.29) is 12.4 Å². The van der Waals surface area contributed by atoms with Crippen LogP contribution in [0.15, 0.2) is 53.0 Å². The van der Waals surface area contributed by atoms with Crippen molar-refractivity contribution in [2.45, 2.75) is 39.0 Å². The number of rotatable bonds is 8. The van der Waals surface area contributed by atoms with Crippen LogP contribution >= 0.6 is 23.7 Å². The van der Waals surface area contributed by atoms with E-state index in [4.69, 9.17) is 5.73 Å². The van der Waals surface area contributed by atoms with E-state index in [0.717, 1.165) is 34.1 Å². The predicted molar refractivity (Wildman–Crippen MR) is 114 cm³/mol. The molecule has 138 valence electrons. The number of hydrogen-bond acceptors (Lipinski definition) is 3. The molecule has 2 aromatic heterocycles. The van der Waals surface area contributed by atoms with Crippen molar-refractivity contribution in [3.05, 3.63) is 58.7 Å². The molecule has 0 saturated carbocycles. The summed E-state index contributed by atoms with van der Waals surface area (Å²) in [5, 5.41) is 2.00. The van der Waals surface area contributed by atoms with Gasteiger partial charge in [-0.2, -0.15) is 0 Å². The van der Waals surface area contributed by atoms with Crippen molar-refractivity contribution in [1.29, 1.82) is 0 Å². The summed E-state index contributed by atoms with van der Waals surface area (Å²) >= 11 is 1.59. The van der Waals surface area contributed by atoms with Crippen LogP contribution in [-0.2, 0) is 6.42 Å². The number of aryl methyl sites for hydroxylation is 1. The van der Waals surface area contributed by atoms with Crippen molar-refractivity contribution < 1.29 is 0 Å². The first-order chi connectivity index (χ1) is 12.3. The highest BCUT2D eigenvalue weighted by Gasteiger charge is 2.05. The largest absolute Gasteiger partial charge is 0.383 e. The number of unbranched alkanes of at least 4 members (excludes halogenated alkanes) is 3. The molecule has 0 aliphatic rings. The molecule has 26 heavy (non-hydrogen) atoms. The van der Waals surface area contributed by atoms with Crippen LogP contribution in [0.1, 0.15) is 43.3 Å². The maximum atomic E-state index is 6.08. The third kappa shape index (κ3) is 5.44. The lowest BCUT2D eigenvalue weighted by molar-refractivity contribution is 0.655. The third-order valence-electron chi connectivity index (χ3n) is 4.08. The van der Waals surface area contributed by atoms with Crippen molar-refractivity contribution in [2.24, 2.45) is 10.7 Å². The van der Waals surface area contributed by atoms with Gasteiger partial charge < -0.3 is 10.7 Å². The van der Waals surface area contributed by atoms with Crippen LogP contribution in [0.3, 0.4) is 0 Å². The number of aromatic amines is 1. The standard InChI is InChI=1S/C20H24N4S.ClH/c1-2-3-4-5-11-19-22-14-17(24-19)15-8-6-9-16(13-15)23-20(21)18-10-7-12-25-18;/h6-10,12-14H,2-5,11H2,1H3,(H2,21,23)(H,22,24);1H. The molecule has 0 radical (unpaired) electrons. The minimum absolute atomic E-state index is 0. The normalized spacial score (nSPS) is 11.3. The molecule has 0 spiro atoms. The second kappa shape index (κ2) is 10.1. The highest BCUT2D eigenvalue weighted by atomic mass is 35.5. The van der Waals surface area contributed by atoms with E-state index in [1.54, 1.807) is 11.3 Å². The van der Waals surface area contributed by atoms with E-state index >= 15 is 0 Å². The molecular weight excluding hydrogens is 364 g/mol. The Morgan fingerprint density at radius 3 is 2.85 bits per heavy atom. The van der Waals surface area contributed by atoms with E-state index in [1.807, 2.05) is 41.9 Å². The molecule has 0 aliphatic carbocycles. The van der Waals surface area contributed by atoms with Crippen molar-refractivity contribution >= 4 is 35.3 Å². The van der Waals surface area contributed by atoms with Gasteiger partial charge in [0.25, 0.3) is 0 Å². The molecule has 3 aromatic rings. The molecule has 0 amide bonds. The van der Waals surface area contributed by atoms with Crippen LogP contribution in [0.5, 0.6) is 0 Å². The van der Waals surface area contributed by atoms with Crippen LogP contribution in [0.25, 0.3) is 11.3 Å². The predicted octanol–water partition coefficient (Wildman–Crippen LogP) is 5.72. The summed E-state index contributed by atoms with van der Waals surface area (Å²) in [7, 11) is 0. The molecule has 0 bridgehead atoms. The Kier molecular flexibility index (Phi) is 7.88. The summed E-state index contributed by atoms with van der Waals surface area (Å²) in [5.41, 5.74) is 9.04. The summed E-state index contributed by atoms with van der Waals surface area (Å²) in [6.45, 7) is 2.23. The summed E-state index contributed by atoms with van der Waals surface area (Å²) in [4.78, 5) is 13.5. The number of thiophene rings is 1. The van der Waals surface area contributed by atoms with Crippen molar-refractivity contribution in [3.8, 4) is 11.3 Å². The Morgan fingerprint density at radius 1 is 1.19 bits per heavy atom. The van der Waals surface area contributed by atoms with Gasteiger partial charge in [-0.1, -0.05) is 44.4 Å². The molecule has 0 fully saturated rings. The molecule has 4 nitrogen and oxygen atoms in total. The molecule has 3 rings (SSSR count). The molecule has 3 N–H and O–H groups in total. The number of amidine groups is 1. The Balaban J connectivity index is 0.00000243. The SMILES string of the molecule is CCCCCCc1ncc(-c2cccc(N=C(N)c3cccs3)c2)[nH]1.Cl. The van der Waals surface area contributed by atoms with Gasteiger partial charge >= 0.3 is 0 Å². The van der Waals surface area contributed by atoms with E-state index in [1.165, 1.54) is 25.7 Å². The number of nitrogens with two attached hydrogens (primary N) is 1. The van der Waals surface area contributed by atoms with E-state index in [2.05, 4.69) is 28.0 Å². The van der Waals surface area contributed by atoms with Crippen LogP contribution in [0, 0.1) is 0 Å². The fourth-order valence-electron chi connectivity index (χ4n) is 2.72. The molecule has 1 aromatic carbocycles. The molecule has 0 saturated heterocycles. The molecule has 6 heteroatoms. The first-order valence-electron chi connectivity index (χ1n) is 8.78. The van der Waals surface area contributed by atoms with Gasteiger partial charge in [0, 0.05) is 12.0 Å². The number of nitrogens with zero attached hydrogens (tertiary/aromatic N) is 2. The number of imidazole rings is 1. The van der Waals surface area contributed by atoms with Crippen LogP contribution in [0.4, 0.5) is 5.69 Å². The number of benzene rings is 1. The Hall–Kier alpha value is -2.11. The molecule has 2 heterocycles. The van der Waals surface area contributed by atoms with Crippen molar-refractivity contribution in [2.75, 3.05) is 0 Å². The fourth-order valence-corrected chi connectivity index (χ4v) is 3.34. The monoisotopic (exact) mass is 388 g/mol. The second-order valence-corrected chi connectivity index (χ2v) is 7.03. The van der Waals surface area contributed by atoms with Gasteiger partial charge in [-0.05, 0) is 30.0 Å². The van der Waals surface area contributed by atoms with E-state index < -0.39 is 0 Å². The summed E-state index contributed by atoms with van der Waals surface area (Å²) in [6, 6.07) is 12.0. The average Bonchev–Trinajstić information content (AvgIpc) is 3.31. The number of aromatic nitrogens is 2. The number of hydrogen-bond donors (Lipinski definition) is 2. The quantitative estimate of drug-likeness (QED) is 0.294. The van der Waals surface area contributed by atoms with Gasteiger partial charge in [-0.25, -0.2) is 9.98 Å². The van der Waals surface area contributed by atoms with Crippen molar-refractivity contribution in [1.82, 2.24) is 9.97 Å². The first-order valence-corrected chi connectivity index (χ1v) is 9.66. The summed E-state index contributed by atoms with van der Waals surface area (Å²) in [5.74, 6) is 1.60. The lowest BCUT2D eigenvalue weighted by Crippen LogP contribution is -2.10. The topological polar surface area (TPSA) is 67.1 Å². The van der Waals surface area contributed by atoms with Crippen molar-refractivity contribution in [3.63, 3.8) is 0 Å². The fraction of sp³-hybridized carbons (Fsp3) is 0.300. The molecule has 0 aliphatic heterocycles. The van der Waals surface area contributed by atoms with E-state index in [0.29, 0.717) is 5.84 Å². The highest BCUT2D eigenvalue weighted by molar-refractivity contribution is 7.12. The highest BCUT2D eigenvalue weighted by Crippen LogP contribution is 2.24. The minimum Gasteiger partial charge on any atom is -0.383 e. The lowest BCUT2D eigenvalue weighted by Gasteiger charge is -2.02.